The zero-order valence-corrected chi connectivity index (χ0v) is 7.91. The summed E-state index contributed by atoms with van der Waals surface area (Å²) < 4.78 is 14.6. The van der Waals surface area contributed by atoms with Gasteiger partial charge in [0.15, 0.2) is 6.10 Å². The van der Waals surface area contributed by atoms with Gasteiger partial charge in [0.2, 0.25) is 0 Å². The summed E-state index contributed by atoms with van der Waals surface area (Å²) in [5.41, 5.74) is 8.09. The number of esters is 1. The number of rotatable bonds is 4. The van der Waals surface area contributed by atoms with Crippen molar-refractivity contribution in [2.45, 2.75) is 18.3 Å². The Kier molecular flexibility index (Phi) is 3.70. The molecule has 0 aromatic carbocycles. The highest BCUT2D eigenvalue weighted by Gasteiger charge is 2.47. The van der Waals surface area contributed by atoms with Gasteiger partial charge in [0.1, 0.15) is 6.10 Å². The standard InChI is InChI=1S/C7H11N3O4/c1-12-5-4(3-9-10-8)14-6(5)7(11)13-2/h4-6H,3H2,1-2H3/t4-,5+,6+/m1/s1. The fourth-order valence-electron chi connectivity index (χ4n) is 1.29. The SMILES string of the molecule is COC(=O)[C@H]1O[C@H](CN=[N+]=[N-])[C@@H]1OC. The maximum absolute atomic E-state index is 11.1. The molecule has 0 aromatic heterocycles. The van der Waals surface area contributed by atoms with Gasteiger partial charge in [-0.05, 0) is 5.53 Å². The monoisotopic (exact) mass is 201 g/mol. The number of carbonyl (C=O) groups excluding carboxylic acids is 1. The Morgan fingerprint density at radius 3 is 2.86 bits per heavy atom. The van der Waals surface area contributed by atoms with E-state index in [0.717, 1.165) is 0 Å². The van der Waals surface area contributed by atoms with Crippen molar-refractivity contribution in [3.63, 3.8) is 0 Å². The Morgan fingerprint density at radius 2 is 2.36 bits per heavy atom. The Labute approximate surface area is 80.6 Å². The Bertz CT molecular complexity index is 264. The van der Waals surface area contributed by atoms with E-state index in [2.05, 4.69) is 14.8 Å². The van der Waals surface area contributed by atoms with Crippen molar-refractivity contribution in [3.8, 4) is 0 Å². The largest absolute Gasteiger partial charge is 0.467 e. The normalized spacial score (nSPS) is 30.0. The summed E-state index contributed by atoms with van der Waals surface area (Å²) in [5.74, 6) is -0.478. The van der Waals surface area contributed by atoms with Gasteiger partial charge in [-0.1, -0.05) is 5.11 Å². The molecule has 0 saturated carbocycles. The molecule has 7 heteroatoms. The van der Waals surface area contributed by atoms with Gasteiger partial charge in [0, 0.05) is 12.0 Å². The summed E-state index contributed by atoms with van der Waals surface area (Å²) in [4.78, 5) is 13.6. The summed E-state index contributed by atoms with van der Waals surface area (Å²) in [7, 11) is 2.74. The van der Waals surface area contributed by atoms with Crippen molar-refractivity contribution in [1.82, 2.24) is 0 Å². The van der Waals surface area contributed by atoms with Gasteiger partial charge in [-0.25, -0.2) is 4.79 Å². The van der Waals surface area contributed by atoms with Crippen LogP contribution in [0.4, 0.5) is 0 Å². The van der Waals surface area contributed by atoms with Crippen LogP contribution in [-0.4, -0.2) is 45.0 Å². The van der Waals surface area contributed by atoms with E-state index in [4.69, 9.17) is 15.0 Å². The topological polar surface area (TPSA) is 93.5 Å². The van der Waals surface area contributed by atoms with Crippen molar-refractivity contribution in [2.24, 2.45) is 5.11 Å². The second-order valence-electron chi connectivity index (χ2n) is 2.73. The maximum atomic E-state index is 11.1. The van der Waals surface area contributed by atoms with E-state index in [1.165, 1.54) is 14.2 Å². The van der Waals surface area contributed by atoms with Gasteiger partial charge in [0.05, 0.1) is 19.8 Å². The molecular formula is C7H11N3O4. The predicted octanol–water partition coefficient (Wildman–Crippen LogP) is 0.252. The second kappa shape index (κ2) is 4.80. The summed E-state index contributed by atoms with van der Waals surface area (Å²) in [6.45, 7) is 0.155. The first kappa shape index (κ1) is 10.8. The number of hydrogen-bond donors (Lipinski definition) is 0. The molecule has 0 bridgehead atoms. The van der Waals surface area contributed by atoms with Crippen molar-refractivity contribution < 1.29 is 19.0 Å². The fourth-order valence-corrected chi connectivity index (χ4v) is 1.29. The van der Waals surface area contributed by atoms with Crippen LogP contribution in [0.5, 0.6) is 0 Å². The number of ether oxygens (including phenoxy) is 3. The van der Waals surface area contributed by atoms with Crippen LogP contribution in [0.2, 0.25) is 0 Å². The van der Waals surface area contributed by atoms with E-state index in [1.54, 1.807) is 0 Å². The number of azide groups is 1. The molecule has 14 heavy (non-hydrogen) atoms. The minimum atomic E-state index is -0.705. The molecule has 78 valence electrons. The molecule has 1 rings (SSSR count). The molecule has 0 radical (unpaired) electrons. The summed E-state index contributed by atoms with van der Waals surface area (Å²) >= 11 is 0. The Morgan fingerprint density at radius 1 is 1.64 bits per heavy atom. The summed E-state index contributed by atoms with van der Waals surface area (Å²) in [6, 6.07) is 0. The van der Waals surface area contributed by atoms with E-state index >= 15 is 0 Å². The van der Waals surface area contributed by atoms with Crippen molar-refractivity contribution in [1.29, 1.82) is 0 Å². The molecule has 1 heterocycles. The number of hydrogen-bond acceptors (Lipinski definition) is 5. The summed E-state index contributed by atoms with van der Waals surface area (Å²) in [5, 5.41) is 3.34. The predicted molar refractivity (Wildman–Crippen MR) is 45.5 cm³/mol. The van der Waals surface area contributed by atoms with Gasteiger partial charge >= 0.3 is 5.97 Å². The van der Waals surface area contributed by atoms with E-state index in [9.17, 15) is 4.79 Å². The quantitative estimate of drug-likeness (QED) is 0.282. The maximum Gasteiger partial charge on any atom is 0.337 e. The second-order valence-corrected chi connectivity index (χ2v) is 2.73. The van der Waals surface area contributed by atoms with E-state index in [-0.39, 0.29) is 12.6 Å². The van der Waals surface area contributed by atoms with Crippen LogP contribution in [0.3, 0.4) is 0 Å². The third-order valence-electron chi connectivity index (χ3n) is 2.02. The van der Waals surface area contributed by atoms with Crippen LogP contribution in [0.25, 0.3) is 10.4 Å². The van der Waals surface area contributed by atoms with Crippen molar-refractivity contribution in [3.05, 3.63) is 10.4 Å². The van der Waals surface area contributed by atoms with E-state index in [1.807, 2.05) is 0 Å². The highest BCUT2D eigenvalue weighted by molar-refractivity contribution is 5.76. The van der Waals surface area contributed by atoms with Crippen molar-refractivity contribution >= 4 is 5.97 Å². The Balaban J connectivity index is 2.47. The molecule has 1 aliphatic rings. The van der Waals surface area contributed by atoms with Gasteiger partial charge in [-0.2, -0.15) is 0 Å². The van der Waals surface area contributed by atoms with Crippen LogP contribution >= 0.6 is 0 Å². The molecule has 1 aliphatic heterocycles. The molecule has 1 saturated heterocycles. The van der Waals surface area contributed by atoms with Gasteiger partial charge in [-0.15, -0.1) is 0 Å². The third kappa shape index (κ3) is 1.95. The molecule has 7 nitrogen and oxygen atoms in total. The lowest BCUT2D eigenvalue weighted by Gasteiger charge is -2.40. The molecule has 0 aromatic rings. The Hall–Kier alpha value is -1.30. The van der Waals surface area contributed by atoms with Crippen LogP contribution < -0.4 is 0 Å². The van der Waals surface area contributed by atoms with Gasteiger partial charge in [-0.3, -0.25) is 0 Å². The van der Waals surface area contributed by atoms with Crippen LogP contribution in [0.15, 0.2) is 5.11 Å². The zero-order chi connectivity index (χ0) is 10.6. The molecule has 3 atom stereocenters. The molecule has 0 spiro atoms. The van der Waals surface area contributed by atoms with Crippen molar-refractivity contribution in [2.75, 3.05) is 20.8 Å². The number of nitrogens with zero attached hydrogens (tertiary/aromatic N) is 3. The minimum absolute atomic E-state index is 0.155. The van der Waals surface area contributed by atoms with Gasteiger partial charge in [0.25, 0.3) is 0 Å². The van der Waals surface area contributed by atoms with Crippen LogP contribution in [0.1, 0.15) is 0 Å². The van der Waals surface area contributed by atoms with Crippen LogP contribution in [0, 0.1) is 0 Å². The highest BCUT2D eigenvalue weighted by atomic mass is 16.6. The smallest absolute Gasteiger partial charge is 0.337 e. The summed E-state index contributed by atoms with van der Waals surface area (Å²) in [6.07, 6.45) is -1.46. The lowest BCUT2D eigenvalue weighted by Crippen LogP contribution is -2.59. The number of carbonyl (C=O) groups is 1. The lowest BCUT2D eigenvalue weighted by molar-refractivity contribution is -0.235. The zero-order valence-electron chi connectivity index (χ0n) is 7.91. The van der Waals surface area contributed by atoms with Gasteiger partial charge < -0.3 is 14.2 Å². The van der Waals surface area contributed by atoms with E-state index < -0.39 is 18.2 Å². The first-order valence-corrected chi connectivity index (χ1v) is 4.01. The van der Waals surface area contributed by atoms with Crippen LogP contribution in [-0.2, 0) is 19.0 Å². The molecular weight excluding hydrogens is 190 g/mol. The third-order valence-corrected chi connectivity index (χ3v) is 2.02. The molecule has 0 aliphatic carbocycles. The van der Waals surface area contributed by atoms with E-state index in [0.29, 0.717) is 0 Å². The number of methoxy groups -OCH3 is 2. The highest BCUT2D eigenvalue weighted by Crippen LogP contribution is 2.25. The molecule has 0 N–H and O–H groups in total. The average Bonchev–Trinajstić information content (AvgIpc) is 2.16. The lowest BCUT2D eigenvalue weighted by atomic mass is 10.0. The first-order valence-electron chi connectivity index (χ1n) is 4.01. The first-order chi connectivity index (χ1) is 6.74. The molecule has 0 unspecified atom stereocenters. The average molecular weight is 201 g/mol. The molecule has 1 fully saturated rings. The minimum Gasteiger partial charge on any atom is -0.467 e. The molecule has 0 amide bonds. The fraction of sp³-hybridized carbons (Fsp3) is 0.857.